The van der Waals surface area contributed by atoms with E-state index in [1.165, 1.54) is 12.1 Å². The number of aryl methyl sites for hydroxylation is 1. The van der Waals surface area contributed by atoms with Gasteiger partial charge in [0.05, 0.1) is 21.8 Å². The third kappa shape index (κ3) is 6.70. The Kier molecular flexibility index (Phi) is 8.69. The van der Waals surface area contributed by atoms with Crippen molar-refractivity contribution in [1.29, 1.82) is 0 Å². The predicted molar refractivity (Wildman–Crippen MR) is 142 cm³/mol. The lowest BCUT2D eigenvalue weighted by atomic mass is 10.1. The van der Waals surface area contributed by atoms with Gasteiger partial charge < -0.3 is 10.6 Å². The highest BCUT2D eigenvalue weighted by Gasteiger charge is 2.28. The van der Waals surface area contributed by atoms with E-state index in [1.54, 1.807) is 60.7 Å². The molecule has 7 nitrogen and oxygen atoms in total. The maximum Gasteiger partial charge on any atom is 0.264 e. The smallest absolute Gasteiger partial charge is 0.264 e. The minimum Gasteiger partial charge on any atom is -0.350 e. The molecule has 0 aromatic heterocycles. The van der Waals surface area contributed by atoms with Crippen LogP contribution in [0.3, 0.4) is 0 Å². The summed E-state index contributed by atoms with van der Waals surface area (Å²) in [7, 11) is -4.05. The number of nitrogens with zero attached hydrogens (tertiary/aromatic N) is 1. The van der Waals surface area contributed by atoms with E-state index in [0.717, 1.165) is 16.3 Å². The van der Waals surface area contributed by atoms with Gasteiger partial charge in [-0.3, -0.25) is 13.9 Å². The summed E-state index contributed by atoms with van der Waals surface area (Å²) in [6, 6.07) is 19.8. The molecule has 0 bridgehead atoms. The van der Waals surface area contributed by atoms with Crippen LogP contribution in [0.4, 0.5) is 11.4 Å². The first-order valence-corrected chi connectivity index (χ1v) is 13.4. The van der Waals surface area contributed by atoms with Gasteiger partial charge in [0.15, 0.2) is 0 Å². The quantitative estimate of drug-likeness (QED) is 0.381. The van der Waals surface area contributed by atoms with Crippen LogP contribution in [0.5, 0.6) is 0 Å². The van der Waals surface area contributed by atoms with Crippen LogP contribution in [0, 0.1) is 6.92 Å². The number of para-hydroxylation sites is 1. The largest absolute Gasteiger partial charge is 0.350 e. The molecular weight excluding hydrogens is 530 g/mol. The van der Waals surface area contributed by atoms with Crippen molar-refractivity contribution in [3.63, 3.8) is 0 Å². The third-order valence-electron chi connectivity index (χ3n) is 5.43. The molecule has 3 aromatic rings. The lowest BCUT2D eigenvalue weighted by molar-refractivity contribution is -0.114. The second-order valence-corrected chi connectivity index (χ2v) is 11.0. The number of halogens is 1. The van der Waals surface area contributed by atoms with Crippen molar-refractivity contribution in [1.82, 2.24) is 5.32 Å². The van der Waals surface area contributed by atoms with Gasteiger partial charge in [0, 0.05) is 10.5 Å². The lowest BCUT2D eigenvalue weighted by Crippen LogP contribution is -2.38. The third-order valence-corrected chi connectivity index (χ3v) is 7.71. The minimum absolute atomic E-state index is 0.0297. The topological polar surface area (TPSA) is 95.6 Å². The Balaban J connectivity index is 1.91. The van der Waals surface area contributed by atoms with Crippen LogP contribution in [0.25, 0.3) is 0 Å². The fraction of sp³-hybridized carbons (Fsp3) is 0.231. The fourth-order valence-electron chi connectivity index (χ4n) is 3.30. The maximum atomic E-state index is 13.5. The van der Waals surface area contributed by atoms with E-state index < -0.39 is 22.5 Å². The number of amides is 2. The summed E-state index contributed by atoms with van der Waals surface area (Å²) < 4.78 is 28.8. The number of sulfonamides is 1. The zero-order valence-corrected chi connectivity index (χ0v) is 22.2. The van der Waals surface area contributed by atoms with Gasteiger partial charge >= 0.3 is 0 Å². The second-order valence-electron chi connectivity index (χ2n) is 8.18. The van der Waals surface area contributed by atoms with Gasteiger partial charge in [-0.1, -0.05) is 58.7 Å². The number of carbonyl (C=O) groups is 2. The van der Waals surface area contributed by atoms with E-state index in [-0.39, 0.29) is 16.8 Å². The van der Waals surface area contributed by atoms with E-state index in [4.69, 9.17) is 0 Å². The average Bonchev–Trinajstić information content (AvgIpc) is 2.83. The van der Waals surface area contributed by atoms with Gasteiger partial charge in [-0.05, 0) is 62.7 Å². The molecule has 0 saturated heterocycles. The number of rotatable bonds is 9. The molecule has 0 radical (unpaired) electrons. The summed E-state index contributed by atoms with van der Waals surface area (Å²) in [5.41, 5.74) is 1.86. The second kappa shape index (κ2) is 11.5. The summed E-state index contributed by atoms with van der Waals surface area (Å²) in [6.45, 7) is 5.24. The molecule has 0 aliphatic carbocycles. The molecule has 1 atom stereocenters. The first-order chi connectivity index (χ1) is 16.6. The van der Waals surface area contributed by atoms with Crippen molar-refractivity contribution in [2.24, 2.45) is 0 Å². The van der Waals surface area contributed by atoms with Crippen LogP contribution in [0.2, 0.25) is 0 Å². The van der Waals surface area contributed by atoms with Gasteiger partial charge in [0.25, 0.3) is 15.9 Å². The Morgan fingerprint density at radius 2 is 1.69 bits per heavy atom. The van der Waals surface area contributed by atoms with Crippen molar-refractivity contribution in [3.05, 3.63) is 88.4 Å². The number of anilines is 2. The highest BCUT2D eigenvalue weighted by atomic mass is 79.9. The zero-order chi connectivity index (χ0) is 25.6. The molecule has 3 aromatic carbocycles. The summed E-state index contributed by atoms with van der Waals surface area (Å²) in [4.78, 5) is 25.9. The number of benzene rings is 3. The van der Waals surface area contributed by atoms with Crippen LogP contribution < -0.4 is 14.9 Å². The molecular formula is C26H28BrN3O4S. The molecule has 0 unspecified atom stereocenters. The highest BCUT2D eigenvalue weighted by molar-refractivity contribution is 9.10. The molecule has 35 heavy (non-hydrogen) atoms. The van der Waals surface area contributed by atoms with Crippen LogP contribution in [0.15, 0.2) is 82.2 Å². The van der Waals surface area contributed by atoms with E-state index in [1.807, 2.05) is 20.8 Å². The Morgan fingerprint density at radius 3 is 2.34 bits per heavy atom. The van der Waals surface area contributed by atoms with Gasteiger partial charge in [-0.25, -0.2) is 8.42 Å². The van der Waals surface area contributed by atoms with Crippen molar-refractivity contribution < 1.29 is 18.0 Å². The number of hydrogen-bond acceptors (Lipinski definition) is 4. The molecule has 2 amide bonds. The standard InChI is InChI=1S/C26H28BrN3O4S/c1-4-19(3)28-26(32)23-10-5-6-11-24(23)29-25(31)17-30(21-9-7-8-20(27)16-21)35(33,34)22-14-12-18(2)13-15-22/h5-16,19H,4,17H2,1-3H3,(H,28,32)(H,29,31)/t19-/m0/s1. The Labute approximate surface area is 214 Å². The predicted octanol–water partition coefficient (Wildman–Crippen LogP) is 5.12. The van der Waals surface area contributed by atoms with Crippen LogP contribution in [0.1, 0.15) is 36.2 Å². The first kappa shape index (κ1) is 26.4. The van der Waals surface area contributed by atoms with Crippen molar-refractivity contribution in [3.8, 4) is 0 Å². The number of nitrogens with one attached hydrogen (secondary N) is 2. The van der Waals surface area contributed by atoms with E-state index >= 15 is 0 Å². The zero-order valence-electron chi connectivity index (χ0n) is 19.8. The Hall–Kier alpha value is -3.17. The van der Waals surface area contributed by atoms with E-state index in [9.17, 15) is 18.0 Å². The molecule has 0 spiro atoms. The first-order valence-electron chi connectivity index (χ1n) is 11.2. The van der Waals surface area contributed by atoms with Crippen LogP contribution in [-0.4, -0.2) is 32.8 Å². The Morgan fingerprint density at radius 1 is 1.00 bits per heavy atom. The van der Waals surface area contributed by atoms with E-state index in [0.29, 0.717) is 21.4 Å². The fourth-order valence-corrected chi connectivity index (χ4v) is 5.10. The van der Waals surface area contributed by atoms with Gasteiger partial charge in [0.1, 0.15) is 6.54 Å². The lowest BCUT2D eigenvalue weighted by Gasteiger charge is -2.24. The molecule has 3 rings (SSSR count). The maximum absolute atomic E-state index is 13.5. The monoisotopic (exact) mass is 557 g/mol. The van der Waals surface area contributed by atoms with Crippen LogP contribution >= 0.6 is 15.9 Å². The highest BCUT2D eigenvalue weighted by Crippen LogP contribution is 2.27. The molecule has 0 fully saturated rings. The molecule has 0 aliphatic rings. The summed E-state index contributed by atoms with van der Waals surface area (Å²) in [5.74, 6) is -0.893. The Bertz CT molecular complexity index is 1310. The van der Waals surface area contributed by atoms with E-state index in [2.05, 4.69) is 26.6 Å². The van der Waals surface area contributed by atoms with Crippen molar-refractivity contribution >= 4 is 49.1 Å². The molecule has 0 saturated carbocycles. The van der Waals surface area contributed by atoms with Crippen LogP contribution in [-0.2, 0) is 14.8 Å². The molecule has 0 aliphatic heterocycles. The van der Waals surface area contributed by atoms with Gasteiger partial charge in [-0.2, -0.15) is 0 Å². The van der Waals surface area contributed by atoms with Gasteiger partial charge in [-0.15, -0.1) is 0 Å². The normalized spacial score (nSPS) is 12.0. The molecule has 0 heterocycles. The summed E-state index contributed by atoms with van der Waals surface area (Å²) in [5, 5.41) is 5.59. The number of hydrogen-bond donors (Lipinski definition) is 2. The van der Waals surface area contributed by atoms with Gasteiger partial charge in [0.2, 0.25) is 5.91 Å². The molecule has 184 valence electrons. The van der Waals surface area contributed by atoms with Crippen molar-refractivity contribution in [2.75, 3.05) is 16.2 Å². The average molecular weight is 558 g/mol. The summed E-state index contributed by atoms with van der Waals surface area (Å²) >= 11 is 3.37. The number of carbonyl (C=O) groups excluding carboxylic acids is 2. The molecule has 2 N–H and O–H groups in total. The minimum atomic E-state index is -4.05. The SMILES string of the molecule is CC[C@H](C)NC(=O)c1ccccc1NC(=O)CN(c1cccc(Br)c1)S(=O)(=O)c1ccc(C)cc1. The van der Waals surface area contributed by atoms with Crippen molar-refractivity contribution in [2.45, 2.75) is 38.1 Å². The molecule has 9 heteroatoms. The summed E-state index contributed by atoms with van der Waals surface area (Å²) in [6.07, 6.45) is 0.763.